The fourth-order valence-corrected chi connectivity index (χ4v) is 3.83. The molecule has 3 nitrogen and oxygen atoms in total. The summed E-state index contributed by atoms with van der Waals surface area (Å²) >= 11 is 0. The van der Waals surface area contributed by atoms with Gasteiger partial charge >= 0.3 is 0 Å². The standard InChI is InChI=1S/C15H20BN3/c16-10-5-6-12-13(8-10)19-15(18-12)14-7-9-3-1-2-4-11(9)17-14/h5-6,8-9,11,14,17H,1-4,7,16H2,(H,18,19)/t9-,11-,14-/m0/s1. The second kappa shape index (κ2) is 4.38. The van der Waals surface area contributed by atoms with Crippen molar-refractivity contribution >= 4 is 24.3 Å². The van der Waals surface area contributed by atoms with Crippen LogP contribution in [-0.4, -0.2) is 23.9 Å². The second-order valence-corrected chi connectivity index (χ2v) is 6.25. The monoisotopic (exact) mass is 253 g/mol. The van der Waals surface area contributed by atoms with Crippen LogP contribution >= 0.6 is 0 Å². The van der Waals surface area contributed by atoms with Gasteiger partial charge in [0.2, 0.25) is 0 Å². The van der Waals surface area contributed by atoms with Crippen molar-refractivity contribution in [2.45, 2.75) is 44.2 Å². The van der Waals surface area contributed by atoms with Crippen LogP contribution < -0.4 is 10.8 Å². The average Bonchev–Trinajstić information content (AvgIpc) is 3.00. The highest BCUT2D eigenvalue weighted by Gasteiger charge is 2.36. The number of aromatic amines is 1. The van der Waals surface area contributed by atoms with E-state index in [1.165, 1.54) is 37.6 Å². The van der Waals surface area contributed by atoms with Crippen molar-refractivity contribution in [3.05, 3.63) is 24.0 Å². The third kappa shape index (κ3) is 1.98. The van der Waals surface area contributed by atoms with Crippen LogP contribution in [0.15, 0.2) is 18.2 Å². The van der Waals surface area contributed by atoms with Gasteiger partial charge in [0.25, 0.3) is 0 Å². The minimum absolute atomic E-state index is 0.431. The number of nitrogens with zero attached hydrogens (tertiary/aromatic N) is 1. The van der Waals surface area contributed by atoms with Gasteiger partial charge in [0.1, 0.15) is 13.7 Å². The lowest BCUT2D eigenvalue weighted by Crippen LogP contribution is -2.30. The highest BCUT2D eigenvalue weighted by molar-refractivity contribution is 6.33. The summed E-state index contributed by atoms with van der Waals surface area (Å²) in [5, 5.41) is 3.79. The van der Waals surface area contributed by atoms with E-state index in [9.17, 15) is 0 Å². The third-order valence-corrected chi connectivity index (χ3v) is 4.85. The zero-order chi connectivity index (χ0) is 12.8. The van der Waals surface area contributed by atoms with Crippen LogP contribution in [-0.2, 0) is 0 Å². The van der Waals surface area contributed by atoms with E-state index in [4.69, 9.17) is 4.98 Å². The van der Waals surface area contributed by atoms with Crippen molar-refractivity contribution < 1.29 is 0 Å². The number of aromatic nitrogens is 2. The largest absolute Gasteiger partial charge is 0.341 e. The molecule has 1 saturated carbocycles. The van der Waals surface area contributed by atoms with Gasteiger partial charge < -0.3 is 10.3 Å². The van der Waals surface area contributed by atoms with Crippen molar-refractivity contribution in [2.24, 2.45) is 5.92 Å². The summed E-state index contributed by atoms with van der Waals surface area (Å²) in [4.78, 5) is 8.30. The first kappa shape index (κ1) is 11.5. The molecule has 1 aliphatic carbocycles. The molecule has 2 aromatic rings. The van der Waals surface area contributed by atoms with Crippen molar-refractivity contribution in [1.82, 2.24) is 15.3 Å². The summed E-state index contributed by atoms with van der Waals surface area (Å²) in [5.41, 5.74) is 3.54. The summed E-state index contributed by atoms with van der Waals surface area (Å²) in [6, 6.07) is 7.61. The Kier molecular flexibility index (Phi) is 2.66. The molecule has 0 amide bonds. The van der Waals surface area contributed by atoms with E-state index < -0.39 is 0 Å². The second-order valence-electron chi connectivity index (χ2n) is 6.25. The Morgan fingerprint density at radius 1 is 1.21 bits per heavy atom. The summed E-state index contributed by atoms with van der Waals surface area (Å²) in [5.74, 6) is 2.00. The lowest BCUT2D eigenvalue weighted by molar-refractivity contribution is 0.325. The molecule has 1 aromatic heterocycles. The molecule has 2 aliphatic rings. The van der Waals surface area contributed by atoms with Gasteiger partial charge in [-0.3, -0.25) is 0 Å². The molecule has 98 valence electrons. The maximum absolute atomic E-state index is 4.80. The van der Waals surface area contributed by atoms with Gasteiger partial charge in [0.05, 0.1) is 17.1 Å². The average molecular weight is 253 g/mol. The van der Waals surface area contributed by atoms with E-state index in [1.54, 1.807) is 0 Å². The molecule has 0 unspecified atom stereocenters. The van der Waals surface area contributed by atoms with E-state index >= 15 is 0 Å². The molecule has 19 heavy (non-hydrogen) atoms. The Balaban J connectivity index is 1.64. The molecular weight excluding hydrogens is 233 g/mol. The number of hydrogen-bond donors (Lipinski definition) is 2. The molecule has 4 heteroatoms. The molecule has 0 radical (unpaired) electrons. The third-order valence-electron chi connectivity index (χ3n) is 4.85. The molecule has 2 fully saturated rings. The van der Waals surface area contributed by atoms with Gasteiger partial charge in [-0.2, -0.15) is 0 Å². The predicted octanol–water partition coefficient (Wildman–Crippen LogP) is 1.41. The molecule has 2 heterocycles. The Morgan fingerprint density at radius 3 is 3.00 bits per heavy atom. The smallest absolute Gasteiger partial charge is 0.139 e. The molecule has 0 spiro atoms. The minimum atomic E-state index is 0.431. The van der Waals surface area contributed by atoms with Gasteiger partial charge in [0.15, 0.2) is 0 Å². The number of nitrogens with one attached hydrogen (secondary N) is 2. The minimum Gasteiger partial charge on any atom is -0.341 e. The molecule has 4 rings (SSSR count). The van der Waals surface area contributed by atoms with E-state index in [1.807, 2.05) is 0 Å². The van der Waals surface area contributed by atoms with Crippen LogP contribution in [0.1, 0.15) is 44.0 Å². The Bertz CT molecular complexity index is 592. The van der Waals surface area contributed by atoms with E-state index in [-0.39, 0.29) is 0 Å². The van der Waals surface area contributed by atoms with Crippen molar-refractivity contribution in [2.75, 3.05) is 0 Å². The quantitative estimate of drug-likeness (QED) is 0.754. The molecule has 2 N–H and O–H groups in total. The summed E-state index contributed by atoms with van der Waals surface area (Å²) < 4.78 is 0. The maximum atomic E-state index is 4.80. The lowest BCUT2D eigenvalue weighted by atomic mass is 9.85. The van der Waals surface area contributed by atoms with Gasteiger partial charge in [-0.05, 0) is 37.3 Å². The fourth-order valence-electron chi connectivity index (χ4n) is 3.83. The Morgan fingerprint density at radius 2 is 2.11 bits per heavy atom. The van der Waals surface area contributed by atoms with Crippen molar-refractivity contribution in [1.29, 1.82) is 0 Å². The highest BCUT2D eigenvalue weighted by Crippen LogP contribution is 2.38. The number of fused-ring (bicyclic) bond motifs is 2. The predicted molar refractivity (Wildman–Crippen MR) is 80.5 cm³/mol. The molecule has 0 bridgehead atoms. The van der Waals surface area contributed by atoms with Gasteiger partial charge in [-0.1, -0.05) is 24.4 Å². The van der Waals surface area contributed by atoms with Crippen LogP contribution in [0, 0.1) is 5.92 Å². The summed E-state index contributed by atoms with van der Waals surface area (Å²) in [6.07, 6.45) is 6.80. The topological polar surface area (TPSA) is 40.7 Å². The van der Waals surface area contributed by atoms with Crippen LogP contribution in [0.3, 0.4) is 0 Å². The van der Waals surface area contributed by atoms with Gasteiger partial charge in [0, 0.05) is 6.04 Å². The molecule has 1 saturated heterocycles. The number of hydrogen-bond acceptors (Lipinski definition) is 2. The molecular formula is C15H20BN3. The van der Waals surface area contributed by atoms with Gasteiger partial charge in [-0.25, -0.2) is 4.98 Å². The SMILES string of the molecule is Bc1ccc2[nH]c([C@@H]3C[C@@H]4CCCC[C@@H]4N3)nc2c1. The van der Waals surface area contributed by atoms with E-state index in [0.717, 1.165) is 28.8 Å². The number of imidazole rings is 1. The number of rotatable bonds is 1. The Labute approximate surface area is 114 Å². The number of H-pyrrole nitrogens is 1. The zero-order valence-corrected chi connectivity index (χ0v) is 11.4. The molecule has 1 aliphatic heterocycles. The van der Waals surface area contributed by atoms with E-state index in [0.29, 0.717) is 6.04 Å². The van der Waals surface area contributed by atoms with Crippen molar-refractivity contribution in [3.63, 3.8) is 0 Å². The number of benzene rings is 1. The first-order valence-electron chi connectivity index (χ1n) is 7.52. The zero-order valence-electron chi connectivity index (χ0n) is 11.4. The van der Waals surface area contributed by atoms with E-state index in [2.05, 4.69) is 36.3 Å². The van der Waals surface area contributed by atoms with Crippen LogP contribution in [0.25, 0.3) is 11.0 Å². The normalized spacial score (nSPS) is 30.6. The summed E-state index contributed by atoms with van der Waals surface area (Å²) in [7, 11) is 2.12. The van der Waals surface area contributed by atoms with Crippen LogP contribution in [0.4, 0.5) is 0 Å². The first-order valence-corrected chi connectivity index (χ1v) is 7.52. The maximum Gasteiger partial charge on any atom is 0.139 e. The van der Waals surface area contributed by atoms with Crippen molar-refractivity contribution in [3.8, 4) is 0 Å². The lowest BCUT2D eigenvalue weighted by Gasteiger charge is -2.24. The van der Waals surface area contributed by atoms with Crippen LogP contribution in [0.2, 0.25) is 0 Å². The van der Waals surface area contributed by atoms with Crippen LogP contribution in [0.5, 0.6) is 0 Å². The van der Waals surface area contributed by atoms with Gasteiger partial charge in [-0.15, -0.1) is 0 Å². The Hall–Kier alpha value is -1.29. The molecule has 3 atom stereocenters. The first-order chi connectivity index (χ1) is 9.29. The molecule has 1 aromatic carbocycles. The fraction of sp³-hybridized carbons (Fsp3) is 0.533. The summed E-state index contributed by atoms with van der Waals surface area (Å²) in [6.45, 7) is 0. The highest BCUT2D eigenvalue weighted by atomic mass is 15.1.